The van der Waals surface area contributed by atoms with Gasteiger partial charge in [-0.3, -0.25) is 9.36 Å². The first-order chi connectivity index (χ1) is 14.6. The van der Waals surface area contributed by atoms with Gasteiger partial charge in [-0.1, -0.05) is 30.3 Å². The summed E-state index contributed by atoms with van der Waals surface area (Å²) in [5.41, 5.74) is 3.43. The average molecular weight is 451 g/mol. The van der Waals surface area contributed by atoms with Crippen molar-refractivity contribution in [2.24, 2.45) is 0 Å². The van der Waals surface area contributed by atoms with Gasteiger partial charge in [-0.25, -0.2) is 0 Å². The minimum atomic E-state index is -4.43. The van der Waals surface area contributed by atoms with E-state index in [1.54, 1.807) is 6.92 Å². The van der Waals surface area contributed by atoms with Crippen LogP contribution < -0.4 is 10.6 Å². The molecule has 3 aromatic rings. The largest absolute Gasteiger partial charge is 0.435 e. The fourth-order valence-corrected chi connectivity index (χ4v) is 3.46. The number of hydrogen-bond donors (Lipinski definition) is 2. The Bertz CT molecular complexity index is 1040. The molecular formula is C21H25F3N6S. The first-order valence-electron chi connectivity index (χ1n) is 9.89. The molecule has 0 amide bonds. The molecule has 0 aliphatic carbocycles. The zero-order valence-corrected chi connectivity index (χ0v) is 18.4. The fraction of sp³-hybridized carbons (Fsp3) is 0.381. The molecule has 0 saturated carbocycles. The highest BCUT2D eigenvalue weighted by molar-refractivity contribution is 7.80. The zero-order valence-electron chi connectivity index (χ0n) is 17.6. The number of benzene rings is 1. The van der Waals surface area contributed by atoms with Crippen molar-refractivity contribution in [1.82, 2.24) is 24.9 Å². The van der Waals surface area contributed by atoms with Crippen LogP contribution in [0.5, 0.6) is 0 Å². The van der Waals surface area contributed by atoms with Crippen LogP contribution in [0.3, 0.4) is 0 Å². The van der Waals surface area contributed by atoms with Gasteiger partial charge in [0, 0.05) is 18.8 Å². The van der Waals surface area contributed by atoms with E-state index in [9.17, 15) is 13.2 Å². The predicted octanol–water partition coefficient (Wildman–Crippen LogP) is 4.45. The standard InChI is InChI=1S/C21H25F3N6S/c1-14-12-18(21(22,23)24)28-29(14)11-7-10-25-20(31)26-19-15(2)27-30(16(19)3)13-17-8-5-4-6-9-17/h4-6,8-9,12H,7,10-11,13H2,1-3H3,(H2,25,26,31). The average Bonchev–Trinajstić information content (AvgIpc) is 3.21. The van der Waals surface area contributed by atoms with Crippen LogP contribution in [0, 0.1) is 20.8 Å². The van der Waals surface area contributed by atoms with Gasteiger partial charge in [0.1, 0.15) is 0 Å². The molecule has 2 N–H and O–H groups in total. The van der Waals surface area contributed by atoms with Crippen LogP contribution in [0.15, 0.2) is 36.4 Å². The van der Waals surface area contributed by atoms with E-state index in [1.807, 2.05) is 36.7 Å². The van der Waals surface area contributed by atoms with E-state index >= 15 is 0 Å². The van der Waals surface area contributed by atoms with Crippen molar-refractivity contribution in [3.63, 3.8) is 0 Å². The Balaban J connectivity index is 1.51. The lowest BCUT2D eigenvalue weighted by molar-refractivity contribution is -0.141. The Morgan fingerprint density at radius 1 is 1.06 bits per heavy atom. The van der Waals surface area contributed by atoms with Crippen molar-refractivity contribution < 1.29 is 13.2 Å². The Kier molecular flexibility index (Phi) is 6.99. The van der Waals surface area contributed by atoms with E-state index in [1.165, 1.54) is 4.68 Å². The van der Waals surface area contributed by atoms with E-state index in [0.29, 0.717) is 36.9 Å². The van der Waals surface area contributed by atoms with Crippen molar-refractivity contribution in [2.75, 3.05) is 11.9 Å². The molecular weight excluding hydrogens is 425 g/mol. The molecule has 10 heteroatoms. The molecule has 0 atom stereocenters. The number of alkyl halides is 3. The molecule has 0 aliphatic rings. The van der Waals surface area contributed by atoms with Gasteiger partial charge in [0.25, 0.3) is 0 Å². The summed E-state index contributed by atoms with van der Waals surface area (Å²) >= 11 is 5.37. The first kappa shape index (κ1) is 22.8. The van der Waals surface area contributed by atoms with Crippen LogP contribution in [0.1, 0.15) is 34.8 Å². The molecule has 0 aliphatic heterocycles. The monoisotopic (exact) mass is 450 g/mol. The summed E-state index contributed by atoms with van der Waals surface area (Å²) in [5.74, 6) is 0. The van der Waals surface area contributed by atoms with Crippen molar-refractivity contribution in [2.45, 2.75) is 46.5 Å². The number of hydrogen-bond acceptors (Lipinski definition) is 3. The maximum Gasteiger partial charge on any atom is 0.435 e. The van der Waals surface area contributed by atoms with Crippen LogP contribution in [-0.2, 0) is 19.3 Å². The van der Waals surface area contributed by atoms with Crippen LogP contribution in [0.4, 0.5) is 18.9 Å². The molecule has 0 radical (unpaired) electrons. The lowest BCUT2D eigenvalue weighted by Gasteiger charge is -2.12. The molecule has 166 valence electrons. The van der Waals surface area contributed by atoms with E-state index < -0.39 is 11.9 Å². The first-order valence-corrected chi connectivity index (χ1v) is 10.3. The molecule has 0 saturated heterocycles. The number of rotatable bonds is 7. The topological polar surface area (TPSA) is 59.7 Å². The second-order valence-corrected chi connectivity index (χ2v) is 7.72. The summed E-state index contributed by atoms with van der Waals surface area (Å²) in [6.45, 7) is 7.04. The van der Waals surface area contributed by atoms with Crippen LogP contribution >= 0.6 is 12.2 Å². The zero-order chi connectivity index (χ0) is 22.6. The lowest BCUT2D eigenvalue weighted by atomic mass is 10.2. The third kappa shape index (κ3) is 5.84. The molecule has 1 aromatic carbocycles. The smallest absolute Gasteiger partial charge is 0.362 e. The van der Waals surface area contributed by atoms with Crippen LogP contribution in [0.2, 0.25) is 0 Å². The molecule has 2 heterocycles. The van der Waals surface area contributed by atoms with Gasteiger partial charge in [-0.15, -0.1) is 0 Å². The van der Waals surface area contributed by atoms with E-state index in [4.69, 9.17) is 12.2 Å². The van der Waals surface area contributed by atoms with Crippen molar-refractivity contribution in [1.29, 1.82) is 0 Å². The van der Waals surface area contributed by atoms with E-state index in [2.05, 4.69) is 33.0 Å². The van der Waals surface area contributed by atoms with Gasteiger partial charge in [0.05, 0.1) is 23.6 Å². The number of aromatic nitrogens is 4. The maximum absolute atomic E-state index is 12.8. The molecule has 6 nitrogen and oxygen atoms in total. The van der Waals surface area contributed by atoms with E-state index in [0.717, 1.165) is 28.7 Å². The summed E-state index contributed by atoms with van der Waals surface area (Å²) in [4.78, 5) is 0. The summed E-state index contributed by atoms with van der Waals surface area (Å²) in [6, 6.07) is 11.1. The molecule has 0 spiro atoms. The number of anilines is 1. The van der Waals surface area contributed by atoms with Gasteiger partial charge in [-0.05, 0) is 51.0 Å². The molecule has 31 heavy (non-hydrogen) atoms. The van der Waals surface area contributed by atoms with Gasteiger partial charge in [0.15, 0.2) is 10.8 Å². The highest BCUT2D eigenvalue weighted by atomic mass is 32.1. The second kappa shape index (κ2) is 9.51. The fourth-order valence-electron chi connectivity index (χ4n) is 3.25. The molecule has 2 aromatic heterocycles. The minimum absolute atomic E-state index is 0.366. The minimum Gasteiger partial charge on any atom is -0.362 e. The van der Waals surface area contributed by atoms with Gasteiger partial charge in [0.2, 0.25) is 0 Å². The Morgan fingerprint density at radius 3 is 2.42 bits per heavy atom. The highest BCUT2D eigenvalue weighted by Crippen LogP contribution is 2.28. The van der Waals surface area contributed by atoms with Crippen molar-refractivity contribution >= 4 is 23.0 Å². The van der Waals surface area contributed by atoms with Crippen molar-refractivity contribution in [3.8, 4) is 0 Å². The van der Waals surface area contributed by atoms with Gasteiger partial charge >= 0.3 is 6.18 Å². The lowest BCUT2D eigenvalue weighted by Crippen LogP contribution is -2.30. The second-order valence-electron chi connectivity index (χ2n) is 7.32. The molecule has 0 unspecified atom stereocenters. The summed E-state index contributed by atoms with van der Waals surface area (Å²) < 4.78 is 41.5. The molecule has 0 bridgehead atoms. The number of aryl methyl sites for hydroxylation is 3. The quantitative estimate of drug-likeness (QED) is 0.412. The predicted molar refractivity (Wildman–Crippen MR) is 118 cm³/mol. The van der Waals surface area contributed by atoms with Crippen molar-refractivity contribution in [3.05, 3.63) is 64.7 Å². The Morgan fingerprint density at radius 2 is 1.77 bits per heavy atom. The normalized spacial score (nSPS) is 11.5. The van der Waals surface area contributed by atoms with Gasteiger partial charge in [-0.2, -0.15) is 23.4 Å². The number of halogens is 3. The number of nitrogens with zero attached hydrogens (tertiary/aromatic N) is 4. The number of nitrogens with one attached hydrogen (secondary N) is 2. The summed E-state index contributed by atoms with van der Waals surface area (Å²) in [5, 5.41) is 14.9. The highest BCUT2D eigenvalue weighted by Gasteiger charge is 2.34. The third-order valence-corrected chi connectivity index (χ3v) is 5.15. The van der Waals surface area contributed by atoms with E-state index in [-0.39, 0.29) is 0 Å². The van der Waals surface area contributed by atoms with Crippen LogP contribution in [0.25, 0.3) is 0 Å². The molecule has 3 rings (SSSR count). The summed E-state index contributed by atoms with van der Waals surface area (Å²) in [7, 11) is 0. The summed E-state index contributed by atoms with van der Waals surface area (Å²) in [6.07, 6.45) is -3.85. The Labute approximate surface area is 184 Å². The Hall–Kier alpha value is -2.88. The molecule has 0 fully saturated rings. The van der Waals surface area contributed by atoms with Gasteiger partial charge < -0.3 is 10.6 Å². The number of thiocarbonyl (C=S) groups is 1. The van der Waals surface area contributed by atoms with Crippen LogP contribution in [-0.4, -0.2) is 31.2 Å². The third-order valence-electron chi connectivity index (χ3n) is 4.90. The SMILES string of the molecule is Cc1nn(Cc2ccccc2)c(C)c1NC(=S)NCCCn1nc(C(F)(F)F)cc1C. The maximum atomic E-state index is 12.8.